The fourth-order valence-corrected chi connectivity index (χ4v) is 18.9. The van der Waals surface area contributed by atoms with Crippen LogP contribution in [0.3, 0.4) is 0 Å². The van der Waals surface area contributed by atoms with E-state index in [1.807, 2.05) is 0 Å². The predicted octanol–water partition coefficient (Wildman–Crippen LogP) is 24.0. The van der Waals surface area contributed by atoms with Crippen LogP contribution in [0.1, 0.15) is 161 Å². The van der Waals surface area contributed by atoms with Crippen molar-refractivity contribution in [3.63, 3.8) is 0 Å². The van der Waals surface area contributed by atoms with E-state index in [1.54, 1.807) is 0 Å². The Bertz CT molecular complexity index is 4290. The van der Waals surface area contributed by atoms with Gasteiger partial charge in [-0.3, -0.25) is 0 Å². The molecule has 0 saturated heterocycles. The molecular formula is C92H76Br4O8. The number of halogens is 4. The Morgan fingerprint density at radius 3 is 0.500 bits per heavy atom. The number of aryl methyl sites for hydroxylation is 4. The maximum Gasteiger partial charge on any atom is 0.141 e. The van der Waals surface area contributed by atoms with Crippen LogP contribution in [-0.4, -0.2) is 0 Å². The van der Waals surface area contributed by atoms with Crippen molar-refractivity contribution in [2.45, 2.75) is 128 Å². The summed E-state index contributed by atoms with van der Waals surface area (Å²) in [6, 6.07) is 87.2. The lowest BCUT2D eigenvalue weighted by molar-refractivity contribution is 0.267. The number of rotatable bonds is 12. The number of fused-ring (bicyclic) bond motifs is 4. The van der Waals surface area contributed by atoms with Crippen LogP contribution in [0.25, 0.3) is 0 Å². The zero-order chi connectivity index (χ0) is 70.0. The van der Waals surface area contributed by atoms with Crippen LogP contribution in [-0.2, 0) is 78.5 Å². The summed E-state index contributed by atoms with van der Waals surface area (Å²) in [5, 5.41) is 0. The summed E-state index contributed by atoms with van der Waals surface area (Å²) in [6.07, 6.45) is 5.53. The molecule has 12 aromatic rings. The van der Waals surface area contributed by atoms with Crippen molar-refractivity contribution < 1.29 is 37.9 Å². The normalized spacial score (nSPS) is 16.9. The third-order valence-corrected chi connectivity index (χ3v) is 24.5. The standard InChI is InChI=1S/C92H76Br4O8/c93-81-85-73-45-75-70(42-38-58-23-7-2-8-24-58)77-47-79-72(44-40-60-27-11-4-12-28-60)80-48-78-71(43-39-59-25-9-3-10-26-59)76-46-74(69(73)41-37-57-21-5-1-6-22-57)86(98-50-62-30-14-13-29-61(62)49-97-85)82(94)88(76)100-52-64-32-16-18-34-66(64)54-102-90(78)84(96)92(80)104-56-68-36-20-19-35-67(68)55-103-91(79)83(95)89(77)101-53-65-33-17-15-31-63(65)51-99-87(75)81/h1-36,45-48,69-72H,37-44,49-56H2. The van der Waals surface area contributed by atoms with Crippen LogP contribution in [0.4, 0.5) is 0 Å². The average molecular weight is 1630 g/mol. The van der Waals surface area contributed by atoms with E-state index < -0.39 is 23.7 Å². The molecule has 104 heavy (non-hydrogen) atoms. The predicted molar refractivity (Wildman–Crippen MR) is 423 cm³/mol. The van der Waals surface area contributed by atoms with Crippen LogP contribution in [0.5, 0.6) is 46.0 Å². The Morgan fingerprint density at radius 1 is 0.202 bits per heavy atom. The first-order valence-electron chi connectivity index (χ1n) is 36.1. The van der Waals surface area contributed by atoms with E-state index in [4.69, 9.17) is 37.9 Å². The molecule has 8 bridgehead atoms. The lowest BCUT2D eigenvalue weighted by Crippen LogP contribution is -2.17. The fourth-order valence-electron chi connectivity index (χ4n) is 16.2. The van der Waals surface area contributed by atoms with Gasteiger partial charge in [-0.2, -0.15) is 0 Å². The molecule has 0 unspecified atom stereocenters. The third kappa shape index (κ3) is 13.8. The van der Waals surface area contributed by atoms with Crippen LogP contribution in [0.2, 0.25) is 0 Å². The fraction of sp³-hybridized carbons (Fsp3) is 0.217. The molecule has 0 radical (unpaired) electrons. The minimum Gasteiger partial charge on any atom is -0.487 e. The van der Waals surface area contributed by atoms with Gasteiger partial charge in [0, 0.05) is 68.2 Å². The average Bonchev–Trinajstić information content (AvgIpc) is 0.751. The van der Waals surface area contributed by atoms with Gasteiger partial charge in [-0.05, 0) is 206 Å². The topological polar surface area (TPSA) is 73.8 Å². The first-order chi connectivity index (χ1) is 51.2. The van der Waals surface area contributed by atoms with Gasteiger partial charge in [0.1, 0.15) is 117 Å². The smallest absolute Gasteiger partial charge is 0.141 e. The molecule has 4 aliphatic heterocycles. The summed E-state index contributed by atoms with van der Waals surface area (Å²) in [5.74, 6) is 4.01. The Balaban J connectivity index is 1.06. The molecule has 12 heteroatoms. The largest absolute Gasteiger partial charge is 0.487 e. The zero-order valence-electron chi connectivity index (χ0n) is 57.5. The van der Waals surface area contributed by atoms with E-state index in [1.165, 1.54) is 22.3 Å². The summed E-state index contributed by atoms with van der Waals surface area (Å²) in [5.41, 5.74) is 20.8. The maximum atomic E-state index is 7.65. The van der Waals surface area contributed by atoms with Gasteiger partial charge in [-0.25, -0.2) is 0 Å². The SMILES string of the molecule is Brc1c2c3cc4c1OCc1ccccc1COc1c(cc5c(c1Br)OCc1ccccc1COc1c(cc6c(c1Br)OCc1ccccc1COc1c(cc(c(c1Br)OCc1ccccc1CO2)C3CCc1ccccc1)C6CCc1ccccc1)C5CCc1ccccc1)C4CCc1ccccc1. The molecule has 0 N–H and O–H groups in total. The van der Waals surface area contributed by atoms with Crippen LogP contribution in [0.15, 0.2) is 261 Å². The molecule has 0 atom stereocenters. The molecule has 8 nitrogen and oxygen atoms in total. The van der Waals surface area contributed by atoms with Crippen molar-refractivity contribution in [2.75, 3.05) is 0 Å². The van der Waals surface area contributed by atoms with Gasteiger partial charge in [-0.15, -0.1) is 0 Å². The third-order valence-electron chi connectivity index (χ3n) is 21.6. The van der Waals surface area contributed by atoms with Crippen LogP contribution >= 0.6 is 63.7 Å². The van der Waals surface area contributed by atoms with Gasteiger partial charge >= 0.3 is 0 Å². The van der Waals surface area contributed by atoms with Crippen molar-refractivity contribution in [2.24, 2.45) is 0 Å². The Hall–Kier alpha value is -9.04. The number of hydrogen-bond donors (Lipinski definition) is 0. The number of ether oxygens (including phenoxy) is 8. The van der Waals surface area contributed by atoms with Gasteiger partial charge in [0.25, 0.3) is 0 Å². The Labute approximate surface area is 642 Å². The van der Waals surface area contributed by atoms with Crippen molar-refractivity contribution in [3.8, 4) is 46.0 Å². The second-order valence-corrected chi connectivity index (χ2v) is 31.0. The highest BCUT2D eigenvalue weighted by Crippen LogP contribution is 2.60. The minimum atomic E-state index is -0.395. The molecule has 4 heterocycles. The molecule has 0 amide bonds. The van der Waals surface area contributed by atoms with E-state index in [-0.39, 0.29) is 52.9 Å². The zero-order valence-corrected chi connectivity index (χ0v) is 63.8. The molecular weight excluding hydrogens is 1550 g/mol. The molecule has 17 rings (SSSR count). The van der Waals surface area contributed by atoms with Gasteiger partial charge in [-0.1, -0.05) is 218 Å². The summed E-state index contributed by atoms with van der Waals surface area (Å²) in [6.45, 7) is 2.10. The van der Waals surface area contributed by atoms with Crippen molar-refractivity contribution in [3.05, 3.63) is 372 Å². The van der Waals surface area contributed by atoms with Gasteiger partial charge < -0.3 is 37.9 Å². The number of benzene rings is 12. The Kier molecular flexibility index (Phi) is 20.0. The second-order valence-electron chi connectivity index (χ2n) is 27.8. The Morgan fingerprint density at radius 2 is 0.346 bits per heavy atom. The van der Waals surface area contributed by atoms with Crippen molar-refractivity contribution in [1.82, 2.24) is 0 Å². The first kappa shape index (κ1) is 68.1. The van der Waals surface area contributed by atoms with Crippen molar-refractivity contribution >= 4 is 63.7 Å². The number of hydrogen-bond acceptors (Lipinski definition) is 8. The summed E-state index contributed by atoms with van der Waals surface area (Å²) in [7, 11) is 0. The quantitative estimate of drug-likeness (QED) is 0.120. The molecule has 1 aliphatic carbocycles. The van der Waals surface area contributed by atoms with E-state index in [0.717, 1.165) is 133 Å². The maximum absolute atomic E-state index is 7.65. The van der Waals surface area contributed by atoms with Gasteiger partial charge in [0.15, 0.2) is 0 Å². The highest BCUT2D eigenvalue weighted by atomic mass is 79.9. The summed E-state index contributed by atoms with van der Waals surface area (Å²) < 4.78 is 64.1. The molecule has 5 aliphatic rings. The molecule has 0 aromatic heterocycles. The molecule has 0 spiro atoms. The van der Waals surface area contributed by atoms with E-state index in [0.29, 0.717) is 71.7 Å². The molecule has 0 fully saturated rings. The minimum absolute atomic E-state index is 0.262. The monoisotopic (exact) mass is 1620 g/mol. The van der Waals surface area contributed by atoms with Crippen LogP contribution < -0.4 is 37.9 Å². The molecule has 12 aromatic carbocycles. The summed E-state index contributed by atoms with van der Waals surface area (Å²) in [4.78, 5) is 0. The lowest BCUT2D eigenvalue weighted by Gasteiger charge is -2.33. The van der Waals surface area contributed by atoms with Crippen molar-refractivity contribution in [1.29, 1.82) is 0 Å². The van der Waals surface area contributed by atoms with E-state index in [2.05, 4.69) is 306 Å². The van der Waals surface area contributed by atoms with Gasteiger partial charge in [0.05, 0.1) is 0 Å². The lowest BCUT2D eigenvalue weighted by atomic mass is 9.76. The highest BCUT2D eigenvalue weighted by Gasteiger charge is 2.41. The van der Waals surface area contributed by atoms with Crippen LogP contribution in [0, 0.1) is 0 Å². The molecule has 520 valence electrons. The second kappa shape index (κ2) is 30.6. The highest BCUT2D eigenvalue weighted by molar-refractivity contribution is 9.11. The summed E-state index contributed by atoms with van der Waals surface area (Å²) >= 11 is 17.9. The first-order valence-corrected chi connectivity index (χ1v) is 39.3. The van der Waals surface area contributed by atoms with Gasteiger partial charge in [0.2, 0.25) is 0 Å². The van der Waals surface area contributed by atoms with E-state index >= 15 is 0 Å². The van der Waals surface area contributed by atoms with E-state index in [9.17, 15) is 0 Å². The molecule has 0 saturated carbocycles.